The lowest BCUT2D eigenvalue weighted by Gasteiger charge is -2.12. The number of methoxy groups -OCH3 is 1. The van der Waals surface area contributed by atoms with Crippen molar-refractivity contribution < 1.29 is 14.3 Å². The van der Waals surface area contributed by atoms with Gasteiger partial charge >= 0.3 is 0 Å². The van der Waals surface area contributed by atoms with E-state index in [1.165, 1.54) is 0 Å². The molecule has 0 radical (unpaired) electrons. The summed E-state index contributed by atoms with van der Waals surface area (Å²) < 4.78 is 12.5. The highest BCUT2D eigenvalue weighted by atomic mass is 16.5. The number of nitrogens with zero attached hydrogens (tertiary/aromatic N) is 3. The van der Waals surface area contributed by atoms with Crippen LogP contribution in [-0.2, 0) is 22.5 Å². The number of carbonyl (C=O) groups is 1. The molecule has 0 aliphatic heterocycles. The van der Waals surface area contributed by atoms with Crippen LogP contribution in [0.25, 0.3) is 16.6 Å². The minimum atomic E-state index is 0.000211. The smallest absolute Gasteiger partial charge is 0.220 e. The molecule has 0 bridgehead atoms. The van der Waals surface area contributed by atoms with Crippen molar-refractivity contribution in [2.24, 2.45) is 0 Å². The van der Waals surface area contributed by atoms with Crippen molar-refractivity contribution in [1.82, 2.24) is 19.9 Å². The third-order valence-electron chi connectivity index (χ3n) is 5.56. The first-order chi connectivity index (χ1) is 15.6. The third kappa shape index (κ3) is 4.73. The molecule has 166 valence electrons. The SMILES string of the molecule is COCCOc1cccc(CNC(=O)CCc2c(C)nc3c4ccccc4nn3c2C)c1. The van der Waals surface area contributed by atoms with E-state index in [0.29, 0.717) is 32.6 Å². The van der Waals surface area contributed by atoms with Crippen molar-refractivity contribution in [2.75, 3.05) is 20.3 Å². The van der Waals surface area contributed by atoms with Gasteiger partial charge in [-0.25, -0.2) is 9.50 Å². The molecule has 2 aromatic heterocycles. The van der Waals surface area contributed by atoms with Crippen LogP contribution in [-0.4, -0.2) is 40.8 Å². The van der Waals surface area contributed by atoms with E-state index in [-0.39, 0.29) is 5.91 Å². The molecule has 4 aromatic rings. The summed E-state index contributed by atoms with van der Waals surface area (Å²) in [5.74, 6) is 0.770. The molecule has 0 saturated carbocycles. The van der Waals surface area contributed by atoms with Crippen molar-refractivity contribution in [1.29, 1.82) is 0 Å². The maximum absolute atomic E-state index is 12.5. The fourth-order valence-corrected chi connectivity index (χ4v) is 3.85. The number of fused-ring (bicyclic) bond motifs is 3. The Kier molecular flexibility index (Phi) is 6.66. The number of ether oxygens (including phenoxy) is 2. The highest BCUT2D eigenvalue weighted by molar-refractivity contribution is 5.92. The van der Waals surface area contributed by atoms with Crippen molar-refractivity contribution >= 4 is 22.5 Å². The predicted octanol–water partition coefficient (Wildman–Crippen LogP) is 3.77. The number of aromatic nitrogens is 3. The molecule has 0 spiro atoms. The summed E-state index contributed by atoms with van der Waals surface area (Å²) in [5, 5.41) is 8.73. The molecule has 4 rings (SSSR count). The molecule has 2 heterocycles. The molecule has 0 unspecified atom stereocenters. The summed E-state index contributed by atoms with van der Waals surface area (Å²) in [5.41, 5.74) is 5.80. The Balaban J connectivity index is 1.39. The van der Waals surface area contributed by atoms with Crippen LogP contribution in [0.4, 0.5) is 0 Å². The van der Waals surface area contributed by atoms with Gasteiger partial charge in [0, 0.05) is 36.8 Å². The number of carbonyl (C=O) groups excluding carboxylic acids is 1. The molecule has 0 aliphatic rings. The standard InChI is InChI=1S/C25H28N4O3/c1-17-21(18(2)29-25(27-17)22-9-4-5-10-23(22)28-29)11-12-24(30)26-16-19-7-6-8-20(15-19)32-14-13-31-3/h4-10,15H,11-14,16H2,1-3H3,(H,26,30). The van der Waals surface area contributed by atoms with Gasteiger partial charge in [0.05, 0.1) is 12.1 Å². The highest BCUT2D eigenvalue weighted by Gasteiger charge is 2.15. The second-order valence-electron chi connectivity index (χ2n) is 7.78. The highest BCUT2D eigenvalue weighted by Crippen LogP contribution is 2.23. The zero-order valence-corrected chi connectivity index (χ0v) is 18.7. The lowest BCUT2D eigenvalue weighted by Crippen LogP contribution is -2.23. The maximum atomic E-state index is 12.5. The van der Waals surface area contributed by atoms with Crippen LogP contribution in [0, 0.1) is 13.8 Å². The van der Waals surface area contributed by atoms with E-state index in [1.807, 2.05) is 66.9 Å². The van der Waals surface area contributed by atoms with Gasteiger partial charge in [0.15, 0.2) is 5.65 Å². The Hall–Kier alpha value is -3.45. The summed E-state index contributed by atoms with van der Waals surface area (Å²) in [6.45, 7) is 5.53. The van der Waals surface area contributed by atoms with E-state index in [0.717, 1.165) is 44.8 Å². The van der Waals surface area contributed by atoms with Gasteiger partial charge in [-0.15, -0.1) is 0 Å². The Bertz CT molecular complexity index is 1250. The molecule has 7 heteroatoms. The molecule has 0 aliphatic carbocycles. The molecular formula is C25H28N4O3. The van der Waals surface area contributed by atoms with Crippen molar-refractivity contribution in [3.05, 3.63) is 71.0 Å². The van der Waals surface area contributed by atoms with Gasteiger partial charge in [-0.1, -0.05) is 24.3 Å². The summed E-state index contributed by atoms with van der Waals surface area (Å²) in [7, 11) is 1.64. The van der Waals surface area contributed by atoms with E-state index < -0.39 is 0 Å². The van der Waals surface area contributed by atoms with Crippen LogP contribution in [0.15, 0.2) is 48.5 Å². The largest absolute Gasteiger partial charge is 0.491 e. The first-order valence-corrected chi connectivity index (χ1v) is 10.8. The van der Waals surface area contributed by atoms with E-state index in [2.05, 4.69) is 10.4 Å². The summed E-state index contributed by atoms with van der Waals surface area (Å²) in [4.78, 5) is 17.3. The normalized spacial score (nSPS) is 11.2. The predicted molar refractivity (Wildman–Crippen MR) is 124 cm³/mol. The average molecular weight is 433 g/mol. The molecular weight excluding hydrogens is 404 g/mol. The van der Waals surface area contributed by atoms with Gasteiger partial charge in [-0.05, 0) is 55.7 Å². The molecule has 2 aromatic carbocycles. The molecule has 0 atom stereocenters. The summed E-state index contributed by atoms with van der Waals surface area (Å²) >= 11 is 0. The Morgan fingerprint density at radius 3 is 2.78 bits per heavy atom. The topological polar surface area (TPSA) is 77.8 Å². The van der Waals surface area contributed by atoms with Crippen molar-refractivity contribution in [2.45, 2.75) is 33.2 Å². The first-order valence-electron chi connectivity index (χ1n) is 10.8. The van der Waals surface area contributed by atoms with Gasteiger partial charge in [0.2, 0.25) is 5.91 Å². The van der Waals surface area contributed by atoms with E-state index >= 15 is 0 Å². The molecule has 1 N–H and O–H groups in total. The first kappa shape index (κ1) is 21.8. The van der Waals surface area contributed by atoms with Crippen LogP contribution >= 0.6 is 0 Å². The average Bonchev–Trinajstić information content (AvgIpc) is 3.17. The summed E-state index contributed by atoms with van der Waals surface area (Å²) in [6, 6.07) is 15.7. The fraction of sp³-hybridized carbons (Fsp3) is 0.320. The second kappa shape index (κ2) is 9.78. The minimum absolute atomic E-state index is 0.000211. The van der Waals surface area contributed by atoms with Crippen LogP contribution in [0.2, 0.25) is 0 Å². The second-order valence-corrected chi connectivity index (χ2v) is 7.78. The number of aryl methyl sites for hydroxylation is 2. The quantitative estimate of drug-likeness (QED) is 0.407. The Labute approximate surface area is 187 Å². The molecule has 1 amide bonds. The molecule has 0 fully saturated rings. The van der Waals surface area contributed by atoms with Gasteiger partial charge in [0.1, 0.15) is 12.4 Å². The minimum Gasteiger partial charge on any atom is -0.491 e. The van der Waals surface area contributed by atoms with Crippen molar-refractivity contribution in [3.63, 3.8) is 0 Å². The number of hydrogen-bond acceptors (Lipinski definition) is 5. The molecule has 7 nitrogen and oxygen atoms in total. The molecule has 0 saturated heterocycles. The van der Waals surface area contributed by atoms with Gasteiger partial charge in [0.25, 0.3) is 0 Å². The van der Waals surface area contributed by atoms with Crippen LogP contribution in [0.1, 0.15) is 28.9 Å². The van der Waals surface area contributed by atoms with Crippen molar-refractivity contribution in [3.8, 4) is 5.75 Å². The zero-order valence-electron chi connectivity index (χ0n) is 18.7. The Morgan fingerprint density at radius 1 is 1.09 bits per heavy atom. The van der Waals surface area contributed by atoms with Gasteiger partial charge in [-0.3, -0.25) is 4.79 Å². The molecule has 32 heavy (non-hydrogen) atoms. The monoisotopic (exact) mass is 432 g/mol. The number of nitrogens with one attached hydrogen (secondary N) is 1. The van der Waals surface area contributed by atoms with Crippen LogP contribution < -0.4 is 10.1 Å². The van der Waals surface area contributed by atoms with Gasteiger partial charge in [-0.2, -0.15) is 5.10 Å². The zero-order chi connectivity index (χ0) is 22.5. The van der Waals surface area contributed by atoms with Crippen LogP contribution in [0.5, 0.6) is 5.75 Å². The fourth-order valence-electron chi connectivity index (χ4n) is 3.85. The summed E-state index contributed by atoms with van der Waals surface area (Å²) in [6.07, 6.45) is 1.00. The van der Waals surface area contributed by atoms with E-state index in [9.17, 15) is 4.79 Å². The Morgan fingerprint density at radius 2 is 1.94 bits per heavy atom. The lowest BCUT2D eigenvalue weighted by atomic mass is 10.1. The third-order valence-corrected chi connectivity index (χ3v) is 5.56. The van der Waals surface area contributed by atoms with E-state index in [4.69, 9.17) is 14.5 Å². The number of benzene rings is 2. The van der Waals surface area contributed by atoms with Crippen LogP contribution in [0.3, 0.4) is 0 Å². The maximum Gasteiger partial charge on any atom is 0.220 e. The lowest BCUT2D eigenvalue weighted by molar-refractivity contribution is -0.121. The van der Waals surface area contributed by atoms with E-state index in [1.54, 1.807) is 7.11 Å². The van der Waals surface area contributed by atoms with Gasteiger partial charge < -0.3 is 14.8 Å². The number of hydrogen-bond donors (Lipinski definition) is 1. The number of rotatable bonds is 9. The number of amides is 1.